The molecule has 0 aliphatic carbocycles. The highest BCUT2D eigenvalue weighted by molar-refractivity contribution is 5.79. The van der Waals surface area contributed by atoms with Crippen molar-refractivity contribution in [3.8, 4) is 11.5 Å². The number of carbonyl (C=O) groups is 2. The van der Waals surface area contributed by atoms with Crippen LogP contribution in [0, 0.1) is 0 Å². The van der Waals surface area contributed by atoms with Crippen molar-refractivity contribution in [3.05, 3.63) is 120 Å². The average Bonchev–Trinajstić information content (AvgIpc) is 3.84. The molecule has 7 rings (SSSR count). The number of imidazole rings is 2. The van der Waals surface area contributed by atoms with Crippen LogP contribution in [-0.4, -0.2) is 64.7 Å². The van der Waals surface area contributed by atoms with E-state index in [2.05, 4.69) is 35.1 Å². The summed E-state index contributed by atoms with van der Waals surface area (Å²) in [6, 6.07) is 21.7. The fourth-order valence-electron chi connectivity index (χ4n) is 5.76. The Hall–Kier alpha value is -5.78. The van der Waals surface area contributed by atoms with Gasteiger partial charge in [0.2, 0.25) is 5.91 Å². The highest BCUT2D eigenvalue weighted by Crippen LogP contribution is 2.34. The number of rotatable bonds is 11. The molecule has 2 aliphatic heterocycles. The molecule has 0 atom stereocenters. The van der Waals surface area contributed by atoms with E-state index < -0.39 is 0 Å². The van der Waals surface area contributed by atoms with Crippen molar-refractivity contribution in [1.82, 2.24) is 25.3 Å². The molecule has 0 bridgehead atoms. The standard InChI is InChI=1S/C21H22N4O2.C16H19N3O3/c26-21(23-12-16-4-2-1-3-5-16)11-17-6-7-20-19(10-17)25(8-9-27-20)14-18-13-22-15-24-18;1-2-21-16(20)8-12-3-4-15-14(7-12)19(5-6-22-15)10-13-9-17-11-18-13/h1-7,10,13,15H,8-9,11-12,14H2,(H,22,24)(H,23,26);3-4,7,9,11H,2,5-6,8,10H2,1H3,(H,17,18). The van der Waals surface area contributed by atoms with Crippen LogP contribution < -0.4 is 24.6 Å². The first-order valence-corrected chi connectivity index (χ1v) is 16.5. The first-order chi connectivity index (χ1) is 24.0. The maximum absolute atomic E-state index is 12.3. The Bertz CT molecular complexity index is 1800. The predicted molar refractivity (Wildman–Crippen MR) is 185 cm³/mol. The predicted octanol–water partition coefficient (Wildman–Crippen LogP) is 4.58. The molecule has 0 radical (unpaired) electrons. The van der Waals surface area contributed by atoms with Crippen LogP contribution in [-0.2, 0) is 46.8 Å². The maximum Gasteiger partial charge on any atom is 0.310 e. The number of hydrogen-bond donors (Lipinski definition) is 3. The topological polar surface area (TPSA) is 138 Å². The van der Waals surface area contributed by atoms with Gasteiger partial charge < -0.3 is 39.3 Å². The first kappa shape index (κ1) is 33.1. The van der Waals surface area contributed by atoms with Crippen molar-refractivity contribution < 1.29 is 23.8 Å². The van der Waals surface area contributed by atoms with Crippen LogP contribution in [0.2, 0.25) is 0 Å². The number of hydrogen-bond acceptors (Lipinski definition) is 9. The van der Waals surface area contributed by atoms with Gasteiger partial charge in [-0.2, -0.15) is 0 Å². The summed E-state index contributed by atoms with van der Waals surface area (Å²) in [7, 11) is 0. The normalized spacial score (nSPS) is 13.2. The molecule has 2 aliphatic rings. The van der Waals surface area contributed by atoms with Crippen molar-refractivity contribution in [2.45, 2.75) is 39.4 Å². The van der Waals surface area contributed by atoms with Gasteiger partial charge in [0.25, 0.3) is 0 Å². The summed E-state index contributed by atoms with van der Waals surface area (Å²) in [4.78, 5) is 42.8. The van der Waals surface area contributed by atoms with E-state index in [1.807, 2.05) is 86.0 Å². The Morgan fingerprint density at radius 2 is 1.35 bits per heavy atom. The number of carbonyl (C=O) groups excluding carboxylic acids is 2. The molecule has 1 amide bonds. The number of aromatic amines is 2. The molecule has 0 saturated heterocycles. The Morgan fingerprint density at radius 1 is 0.776 bits per heavy atom. The van der Waals surface area contributed by atoms with Crippen LogP contribution in [0.4, 0.5) is 11.4 Å². The molecule has 0 saturated carbocycles. The molecule has 49 heavy (non-hydrogen) atoms. The molecular formula is C37H41N7O5. The molecule has 2 aromatic heterocycles. The van der Waals surface area contributed by atoms with Crippen LogP contribution in [0.3, 0.4) is 0 Å². The van der Waals surface area contributed by atoms with E-state index in [9.17, 15) is 9.59 Å². The number of benzene rings is 3. The van der Waals surface area contributed by atoms with Crippen molar-refractivity contribution in [2.75, 3.05) is 42.7 Å². The number of amides is 1. The van der Waals surface area contributed by atoms with Gasteiger partial charge in [-0.05, 0) is 47.9 Å². The lowest BCUT2D eigenvalue weighted by Gasteiger charge is -2.31. The fraction of sp³-hybridized carbons (Fsp3) is 0.297. The zero-order valence-electron chi connectivity index (χ0n) is 27.6. The fourth-order valence-corrected chi connectivity index (χ4v) is 5.76. The third-order valence-electron chi connectivity index (χ3n) is 8.15. The Labute approximate surface area is 285 Å². The molecule has 5 aromatic rings. The van der Waals surface area contributed by atoms with Crippen molar-refractivity contribution in [1.29, 1.82) is 0 Å². The summed E-state index contributed by atoms with van der Waals surface area (Å²) in [5.41, 5.74) is 7.11. The third-order valence-corrected chi connectivity index (χ3v) is 8.15. The minimum atomic E-state index is -0.209. The number of ether oxygens (including phenoxy) is 3. The summed E-state index contributed by atoms with van der Waals surface area (Å²) in [6.07, 6.45) is 7.63. The van der Waals surface area contributed by atoms with Crippen LogP contribution in [0.15, 0.2) is 91.8 Å². The van der Waals surface area contributed by atoms with Crippen molar-refractivity contribution in [2.24, 2.45) is 0 Å². The molecule has 12 nitrogen and oxygen atoms in total. The molecule has 254 valence electrons. The van der Waals surface area contributed by atoms with Gasteiger partial charge in [-0.15, -0.1) is 0 Å². The number of fused-ring (bicyclic) bond motifs is 2. The number of aromatic nitrogens is 4. The molecule has 0 fully saturated rings. The van der Waals surface area contributed by atoms with Gasteiger partial charge in [-0.1, -0.05) is 42.5 Å². The monoisotopic (exact) mass is 663 g/mol. The number of nitrogens with one attached hydrogen (secondary N) is 3. The Kier molecular flexibility index (Phi) is 11.1. The average molecular weight is 664 g/mol. The molecule has 0 unspecified atom stereocenters. The highest BCUT2D eigenvalue weighted by atomic mass is 16.5. The number of esters is 1. The zero-order chi connectivity index (χ0) is 33.8. The van der Waals surface area contributed by atoms with Crippen LogP contribution >= 0.6 is 0 Å². The van der Waals surface area contributed by atoms with Crippen LogP contribution in [0.1, 0.15) is 35.0 Å². The van der Waals surface area contributed by atoms with Crippen LogP contribution in [0.25, 0.3) is 0 Å². The first-order valence-electron chi connectivity index (χ1n) is 16.5. The molecule has 3 aromatic carbocycles. The minimum absolute atomic E-state index is 0.00986. The summed E-state index contributed by atoms with van der Waals surface area (Å²) >= 11 is 0. The quantitative estimate of drug-likeness (QED) is 0.174. The highest BCUT2D eigenvalue weighted by Gasteiger charge is 2.21. The number of H-pyrrole nitrogens is 2. The third kappa shape index (κ3) is 9.19. The van der Waals surface area contributed by atoms with E-state index in [-0.39, 0.29) is 18.3 Å². The zero-order valence-corrected chi connectivity index (χ0v) is 27.6. The van der Waals surface area contributed by atoms with Gasteiger partial charge in [-0.3, -0.25) is 9.59 Å². The van der Waals surface area contributed by atoms with Crippen molar-refractivity contribution >= 4 is 23.3 Å². The molecule has 0 spiro atoms. The van der Waals surface area contributed by atoms with Gasteiger partial charge in [0.15, 0.2) is 0 Å². The van der Waals surface area contributed by atoms with E-state index in [0.717, 1.165) is 77.1 Å². The van der Waals surface area contributed by atoms with Gasteiger partial charge in [-0.25, -0.2) is 9.97 Å². The maximum atomic E-state index is 12.3. The lowest BCUT2D eigenvalue weighted by Crippen LogP contribution is -2.32. The second kappa shape index (κ2) is 16.4. The van der Waals surface area contributed by atoms with Crippen molar-refractivity contribution in [3.63, 3.8) is 0 Å². The number of anilines is 2. The van der Waals surface area contributed by atoms with E-state index in [4.69, 9.17) is 14.2 Å². The largest absolute Gasteiger partial charge is 0.490 e. The van der Waals surface area contributed by atoms with Gasteiger partial charge >= 0.3 is 5.97 Å². The summed E-state index contributed by atoms with van der Waals surface area (Å²) in [5, 5.41) is 2.98. The second-order valence-corrected chi connectivity index (χ2v) is 11.7. The molecular weight excluding hydrogens is 622 g/mol. The van der Waals surface area contributed by atoms with E-state index in [0.29, 0.717) is 32.8 Å². The molecule has 4 heterocycles. The molecule has 12 heteroatoms. The van der Waals surface area contributed by atoms with Gasteiger partial charge in [0, 0.05) is 18.9 Å². The van der Waals surface area contributed by atoms with E-state index in [1.165, 1.54) is 0 Å². The summed E-state index contributed by atoms with van der Waals surface area (Å²) in [6.45, 7) is 7.13. The second-order valence-electron chi connectivity index (χ2n) is 11.7. The Balaban J connectivity index is 0.000000174. The van der Waals surface area contributed by atoms with Gasteiger partial charge in [0.1, 0.15) is 24.7 Å². The minimum Gasteiger partial charge on any atom is -0.490 e. The summed E-state index contributed by atoms with van der Waals surface area (Å²) < 4.78 is 16.5. The molecule has 3 N–H and O–H groups in total. The summed E-state index contributed by atoms with van der Waals surface area (Å²) in [5.74, 6) is 1.50. The number of nitrogens with zero attached hydrogens (tertiary/aromatic N) is 4. The van der Waals surface area contributed by atoms with Crippen LogP contribution in [0.5, 0.6) is 11.5 Å². The lowest BCUT2D eigenvalue weighted by atomic mass is 10.1. The SMILES string of the molecule is CCOC(=O)Cc1ccc2c(c1)N(Cc1cnc[nH]1)CCO2.O=C(Cc1ccc2c(c1)N(Cc1cnc[nH]1)CCO2)NCc1ccccc1. The van der Waals surface area contributed by atoms with Gasteiger partial charge in [0.05, 0.1) is 81.0 Å². The lowest BCUT2D eigenvalue weighted by molar-refractivity contribution is -0.142. The van der Waals surface area contributed by atoms with E-state index in [1.54, 1.807) is 12.7 Å². The van der Waals surface area contributed by atoms with E-state index >= 15 is 0 Å². The smallest absolute Gasteiger partial charge is 0.310 e. The Morgan fingerprint density at radius 3 is 1.88 bits per heavy atom.